The molecule has 2 amide bonds. The van der Waals surface area contributed by atoms with Crippen LogP contribution in [-0.2, 0) is 9.59 Å². The molecule has 0 atom stereocenters. The lowest BCUT2D eigenvalue weighted by Gasteiger charge is -2.35. The number of ether oxygens (including phenoxy) is 1. The van der Waals surface area contributed by atoms with E-state index in [4.69, 9.17) is 21.6 Å². The summed E-state index contributed by atoms with van der Waals surface area (Å²) in [5.41, 5.74) is 1.51. The molecule has 0 unspecified atom stereocenters. The zero-order chi connectivity index (χ0) is 20.1. The van der Waals surface area contributed by atoms with Gasteiger partial charge in [-0.15, -0.1) is 0 Å². The first-order valence-electron chi connectivity index (χ1n) is 8.70. The number of benzene rings is 2. The van der Waals surface area contributed by atoms with Gasteiger partial charge in [0.2, 0.25) is 0 Å². The minimum Gasteiger partial charge on any atom is -0.497 e. The zero-order valence-corrected chi connectivity index (χ0v) is 16.1. The summed E-state index contributed by atoms with van der Waals surface area (Å²) in [6, 6.07) is 14.2. The lowest BCUT2D eigenvalue weighted by molar-refractivity contribution is -0.143. The molecule has 0 radical (unpaired) electrons. The van der Waals surface area contributed by atoms with Crippen LogP contribution in [0.15, 0.2) is 42.5 Å². The maximum absolute atomic E-state index is 12.5. The molecule has 1 aliphatic rings. The van der Waals surface area contributed by atoms with Gasteiger partial charge in [0.05, 0.1) is 18.4 Å². The minimum absolute atomic E-state index is 0.227. The van der Waals surface area contributed by atoms with Crippen LogP contribution >= 0.6 is 11.6 Å². The molecule has 2 aromatic carbocycles. The van der Waals surface area contributed by atoms with E-state index in [9.17, 15) is 9.59 Å². The third-order valence-corrected chi connectivity index (χ3v) is 4.78. The van der Waals surface area contributed by atoms with Gasteiger partial charge < -0.3 is 19.9 Å². The average molecular weight is 399 g/mol. The lowest BCUT2D eigenvalue weighted by atomic mass is 10.2. The number of hydrogen-bond donors (Lipinski definition) is 1. The predicted octanol–water partition coefficient (Wildman–Crippen LogP) is 2.51. The summed E-state index contributed by atoms with van der Waals surface area (Å²) in [6.07, 6.45) is 0. The summed E-state index contributed by atoms with van der Waals surface area (Å²) in [5.74, 6) is -0.623. The van der Waals surface area contributed by atoms with Crippen molar-refractivity contribution in [3.05, 3.63) is 53.1 Å². The molecule has 28 heavy (non-hydrogen) atoms. The quantitative estimate of drug-likeness (QED) is 0.803. The van der Waals surface area contributed by atoms with E-state index in [1.807, 2.05) is 30.3 Å². The Morgan fingerprint density at radius 1 is 1.11 bits per heavy atom. The number of carbonyl (C=O) groups is 2. The third kappa shape index (κ3) is 4.35. The fraction of sp³-hybridized carbons (Fsp3) is 0.250. The van der Waals surface area contributed by atoms with E-state index in [0.717, 1.165) is 11.4 Å². The SMILES string of the molecule is COc1ccc(N2CCN(C(=O)C(=O)Nc3cc(Cl)ccc3C#N)CC2)cc1. The molecule has 0 bridgehead atoms. The molecule has 0 aliphatic carbocycles. The van der Waals surface area contributed by atoms with E-state index < -0.39 is 11.8 Å². The first kappa shape index (κ1) is 19.5. The van der Waals surface area contributed by atoms with Crippen molar-refractivity contribution < 1.29 is 14.3 Å². The number of piperazine rings is 1. The fourth-order valence-electron chi connectivity index (χ4n) is 3.00. The Bertz CT molecular complexity index is 916. The van der Waals surface area contributed by atoms with Crippen LogP contribution in [-0.4, -0.2) is 50.0 Å². The topological polar surface area (TPSA) is 85.7 Å². The second-order valence-corrected chi connectivity index (χ2v) is 6.67. The molecule has 7 nitrogen and oxygen atoms in total. The van der Waals surface area contributed by atoms with Gasteiger partial charge in [0.15, 0.2) is 0 Å². The van der Waals surface area contributed by atoms with E-state index in [-0.39, 0.29) is 11.3 Å². The van der Waals surface area contributed by atoms with Crippen LogP contribution in [0.3, 0.4) is 0 Å². The molecule has 1 fully saturated rings. The molecule has 3 rings (SSSR count). The van der Waals surface area contributed by atoms with Gasteiger partial charge in [-0.2, -0.15) is 5.26 Å². The van der Waals surface area contributed by atoms with E-state index >= 15 is 0 Å². The van der Waals surface area contributed by atoms with E-state index in [2.05, 4.69) is 10.2 Å². The van der Waals surface area contributed by atoms with Gasteiger partial charge in [-0.05, 0) is 42.5 Å². The number of hydrogen-bond acceptors (Lipinski definition) is 5. The molecule has 0 spiro atoms. The minimum atomic E-state index is -0.781. The number of amides is 2. The van der Waals surface area contributed by atoms with Gasteiger partial charge in [0.25, 0.3) is 0 Å². The first-order valence-corrected chi connectivity index (χ1v) is 9.08. The smallest absolute Gasteiger partial charge is 0.313 e. The van der Waals surface area contributed by atoms with Crippen molar-refractivity contribution in [2.45, 2.75) is 0 Å². The number of nitrogens with one attached hydrogen (secondary N) is 1. The standard InChI is InChI=1S/C20H19ClN4O3/c1-28-17-6-4-16(5-7-17)24-8-10-25(11-9-24)20(27)19(26)23-18-12-15(21)3-2-14(18)13-22/h2-7,12H,8-11H2,1H3,(H,23,26). The molecule has 2 aromatic rings. The maximum atomic E-state index is 12.5. The Morgan fingerprint density at radius 3 is 2.39 bits per heavy atom. The van der Waals surface area contributed by atoms with Crippen LogP contribution in [0.2, 0.25) is 5.02 Å². The molecule has 144 valence electrons. The normalized spacial score (nSPS) is 13.6. The number of carbonyl (C=O) groups excluding carboxylic acids is 2. The summed E-state index contributed by atoms with van der Waals surface area (Å²) < 4.78 is 5.16. The van der Waals surface area contributed by atoms with Crippen molar-refractivity contribution >= 4 is 34.8 Å². The molecule has 1 aliphatic heterocycles. The second kappa shape index (κ2) is 8.63. The van der Waals surface area contributed by atoms with E-state index in [0.29, 0.717) is 31.2 Å². The second-order valence-electron chi connectivity index (χ2n) is 6.23. The number of nitriles is 1. The number of anilines is 2. The summed E-state index contributed by atoms with van der Waals surface area (Å²) in [4.78, 5) is 28.5. The van der Waals surface area contributed by atoms with Crippen LogP contribution in [0.1, 0.15) is 5.56 Å². The van der Waals surface area contributed by atoms with Crippen molar-refractivity contribution in [2.75, 3.05) is 43.5 Å². The Morgan fingerprint density at radius 2 is 1.79 bits per heavy atom. The zero-order valence-electron chi connectivity index (χ0n) is 15.3. The lowest BCUT2D eigenvalue weighted by Crippen LogP contribution is -2.51. The average Bonchev–Trinajstić information content (AvgIpc) is 2.73. The largest absolute Gasteiger partial charge is 0.497 e. The van der Waals surface area contributed by atoms with E-state index in [1.165, 1.54) is 17.0 Å². The monoisotopic (exact) mass is 398 g/mol. The van der Waals surface area contributed by atoms with Gasteiger partial charge in [-0.25, -0.2) is 0 Å². The Balaban J connectivity index is 1.59. The van der Waals surface area contributed by atoms with Crippen LogP contribution in [0.5, 0.6) is 5.75 Å². The Kier molecular flexibility index (Phi) is 6.02. The number of halogens is 1. The van der Waals surface area contributed by atoms with Crippen LogP contribution < -0.4 is 15.0 Å². The van der Waals surface area contributed by atoms with Crippen molar-refractivity contribution in [3.8, 4) is 11.8 Å². The molecule has 8 heteroatoms. The molecule has 1 saturated heterocycles. The van der Waals surface area contributed by atoms with Gasteiger partial charge in [0.1, 0.15) is 11.8 Å². The van der Waals surface area contributed by atoms with Crippen molar-refractivity contribution in [1.29, 1.82) is 5.26 Å². The predicted molar refractivity (Wildman–Crippen MR) is 107 cm³/mol. The van der Waals surface area contributed by atoms with Gasteiger partial charge >= 0.3 is 11.8 Å². The Labute approximate surface area is 168 Å². The number of methoxy groups -OCH3 is 1. The van der Waals surface area contributed by atoms with Gasteiger partial charge in [0, 0.05) is 36.9 Å². The Hall–Kier alpha value is -3.24. The van der Waals surface area contributed by atoms with Crippen molar-refractivity contribution in [3.63, 3.8) is 0 Å². The first-order chi connectivity index (χ1) is 13.5. The van der Waals surface area contributed by atoms with Crippen molar-refractivity contribution in [1.82, 2.24) is 4.90 Å². The highest BCUT2D eigenvalue weighted by Gasteiger charge is 2.26. The third-order valence-electron chi connectivity index (χ3n) is 4.55. The molecule has 0 aromatic heterocycles. The van der Waals surface area contributed by atoms with Crippen LogP contribution in [0.4, 0.5) is 11.4 Å². The number of nitrogens with zero attached hydrogens (tertiary/aromatic N) is 3. The molecular formula is C20H19ClN4O3. The van der Waals surface area contributed by atoms with Crippen LogP contribution in [0, 0.1) is 11.3 Å². The highest BCUT2D eigenvalue weighted by atomic mass is 35.5. The fourth-order valence-corrected chi connectivity index (χ4v) is 3.17. The summed E-state index contributed by atoms with van der Waals surface area (Å²) >= 11 is 5.91. The highest BCUT2D eigenvalue weighted by molar-refractivity contribution is 6.40. The van der Waals surface area contributed by atoms with Crippen LogP contribution in [0.25, 0.3) is 0 Å². The molecule has 1 heterocycles. The van der Waals surface area contributed by atoms with E-state index in [1.54, 1.807) is 13.2 Å². The van der Waals surface area contributed by atoms with Crippen molar-refractivity contribution in [2.24, 2.45) is 0 Å². The summed E-state index contributed by atoms with van der Waals surface area (Å²) in [7, 11) is 1.62. The van der Waals surface area contributed by atoms with Gasteiger partial charge in [-0.1, -0.05) is 11.6 Å². The summed E-state index contributed by atoms with van der Waals surface area (Å²) in [5, 5.41) is 12.0. The molecular weight excluding hydrogens is 380 g/mol. The van der Waals surface area contributed by atoms with Gasteiger partial charge in [-0.3, -0.25) is 9.59 Å². The summed E-state index contributed by atoms with van der Waals surface area (Å²) in [6.45, 7) is 2.09. The number of rotatable bonds is 3. The highest BCUT2D eigenvalue weighted by Crippen LogP contribution is 2.22. The molecule has 1 N–H and O–H groups in total. The maximum Gasteiger partial charge on any atom is 0.313 e. The molecule has 0 saturated carbocycles.